The minimum absolute atomic E-state index is 0.350. The fraction of sp³-hybridized carbons (Fsp3) is 0.294. The summed E-state index contributed by atoms with van der Waals surface area (Å²) < 4.78 is 2.27. The molecule has 2 N–H and O–H groups in total. The normalized spacial score (nSPS) is 14.7. The van der Waals surface area contributed by atoms with E-state index in [1.165, 1.54) is 10.9 Å². The number of hydrogen-bond donors (Lipinski definition) is 2. The van der Waals surface area contributed by atoms with Crippen LogP contribution in [0.15, 0.2) is 42.5 Å². The average Bonchev–Trinajstić information content (AvgIpc) is 2.86. The Balaban J connectivity index is 2.24. The third-order valence-corrected chi connectivity index (χ3v) is 4.64. The molecule has 3 nitrogen and oxygen atoms in total. The molecule has 1 heterocycles. The molecule has 3 aromatic rings. The van der Waals surface area contributed by atoms with Crippen molar-refractivity contribution in [1.29, 1.82) is 0 Å². The van der Waals surface area contributed by atoms with Crippen molar-refractivity contribution in [3.8, 4) is 0 Å². The van der Waals surface area contributed by atoms with Gasteiger partial charge >= 0.3 is 0 Å². The van der Waals surface area contributed by atoms with Crippen molar-refractivity contribution in [2.24, 2.45) is 0 Å². The van der Waals surface area contributed by atoms with Crippen molar-refractivity contribution in [1.82, 2.24) is 4.57 Å². The second-order valence-corrected chi connectivity index (χ2v) is 5.85. The summed E-state index contributed by atoms with van der Waals surface area (Å²) in [6.07, 6.45) is -1.68. The van der Waals surface area contributed by atoms with Crippen LogP contribution in [0, 0.1) is 0 Å². The number of nitrogens with zero attached hydrogens (tertiary/aromatic N) is 1. The lowest BCUT2D eigenvalue weighted by Crippen LogP contribution is -2.19. The summed E-state index contributed by atoms with van der Waals surface area (Å²) in [5, 5.41) is 22.7. The molecule has 0 saturated carbocycles. The van der Waals surface area contributed by atoms with Crippen molar-refractivity contribution in [3.05, 3.63) is 48.0 Å². The number of aromatic nitrogens is 1. The van der Waals surface area contributed by atoms with E-state index in [0.29, 0.717) is 5.33 Å². The standard InChI is InChI=1S/C17H18BrNO2/c1-2-19-14-6-4-3-5-12(14)13-9-11(7-8-15(13)19)17(21)16(20)10-18/h3-9,16-17,20-21H,2,10H2,1H3. The van der Waals surface area contributed by atoms with Crippen LogP contribution in [0.25, 0.3) is 21.8 Å². The average molecular weight is 348 g/mol. The van der Waals surface area contributed by atoms with Gasteiger partial charge in [-0.2, -0.15) is 0 Å². The summed E-state index contributed by atoms with van der Waals surface area (Å²) in [5.41, 5.74) is 3.10. The Morgan fingerprint density at radius 3 is 2.48 bits per heavy atom. The van der Waals surface area contributed by atoms with Crippen LogP contribution < -0.4 is 0 Å². The fourth-order valence-electron chi connectivity index (χ4n) is 2.90. The van der Waals surface area contributed by atoms with Gasteiger partial charge in [-0.25, -0.2) is 0 Å². The maximum atomic E-state index is 10.2. The highest BCUT2D eigenvalue weighted by Crippen LogP contribution is 2.31. The van der Waals surface area contributed by atoms with Crippen LogP contribution >= 0.6 is 15.9 Å². The highest BCUT2D eigenvalue weighted by Gasteiger charge is 2.18. The molecule has 2 unspecified atom stereocenters. The predicted octanol–water partition coefficient (Wildman–Crippen LogP) is 3.60. The molecular weight excluding hydrogens is 330 g/mol. The molecule has 0 saturated heterocycles. The quantitative estimate of drug-likeness (QED) is 0.708. The van der Waals surface area contributed by atoms with E-state index in [1.807, 2.05) is 30.3 Å². The number of hydrogen-bond acceptors (Lipinski definition) is 2. The molecule has 1 aromatic heterocycles. The van der Waals surface area contributed by atoms with Crippen molar-refractivity contribution in [2.45, 2.75) is 25.7 Å². The number of rotatable bonds is 4. The van der Waals surface area contributed by atoms with Gasteiger partial charge in [0.15, 0.2) is 0 Å². The molecule has 0 aliphatic heterocycles. The molecule has 21 heavy (non-hydrogen) atoms. The van der Waals surface area contributed by atoms with E-state index < -0.39 is 12.2 Å². The predicted molar refractivity (Wildman–Crippen MR) is 89.9 cm³/mol. The SMILES string of the molecule is CCn1c2ccccc2c2cc(C(O)C(O)CBr)ccc21. The molecule has 2 aromatic carbocycles. The van der Waals surface area contributed by atoms with Gasteiger partial charge in [-0.15, -0.1) is 0 Å². The van der Waals surface area contributed by atoms with E-state index in [0.717, 1.165) is 23.0 Å². The summed E-state index contributed by atoms with van der Waals surface area (Å²) in [5.74, 6) is 0. The molecule has 3 rings (SSSR count). The first-order chi connectivity index (χ1) is 10.2. The molecule has 0 amide bonds. The zero-order chi connectivity index (χ0) is 15.0. The molecule has 0 aliphatic rings. The van der Waals surface area contributed by atoms with Gasteiger partial charge in [0.25, 0.3) is 0 Å². The Morgan fingerprint density at radius 2 is 1.76 bits per heavy atom. The van der Waals surface area contributed by atoms with Crippen molar-refractivity contribution < 1.29 is 10.2 Å². The van der Waals surface area contributed by atoms with Crippen LogP contribution in [0.4, 0.5) is 0 Å². The minimum Gasteiger partial charge on any atom is -0.389 e. The number of fused-ring (bicyclic) bond motifs is 3. The minimum atomic E-state index is -0.877. The molecule has 0 bridgehead atoms. The Labute approximate surface area is 131 Å². The van der Waals surface area contributed by atoms with E-state index in [4.69, 9.17) is 0 Å². The van der Waals surface area contributed by atoms with Gasteiger partial charge in [0, 0.05) is 33.7 Å². The van der Waals surface area contributed by atoms with Crippen molar-refractivity contribution in [3.63, 3.8) is 0 Å². The molecule has 2 atom stereocenters. The topological polar surface area (TPSA) is 45.4 Å². The molecule has 110 valence electrons. The van der Waals surface area contributed by atoms with E-state index in [1.54, 1.807) is 0 Å². The van der Waals surface area contributed by atoms with E-state index in [9.17, 15) is 10.2 Å². The zero-order valence-corrected chi connectivity index (χ0v) is 13.4. The van der Waals surface area contributed by atoms with E-state index in [2.05, 4.69) is 39.6 Å². The monoisotopic (exact) mass is 347 g/mol. The maximum absolute atomic E-state index is 10.2. The van der Waals surface area contributed by atoms with Gasteiger partial charge in [-0.05, 0) is 30.7 Å². The summed E-state index contributed by atoms with van der Waals surface area (Å²) in [6.45, 7) is 3.03. The summed E-state index contributed by atoms with van der Waals surface area (Å²) in [7, 11) is 0. The first-order valence-corrected chi connectivity index (χ1v) is 8.22. The van der Waals surface area contributed by atoms with Crippen LogP contribution in [0.1, 0.15) is 18.6 Å². The Bertz CT molecular complexity index is 781. The number of para-hydroxylation sites is 1. The number of aliphatic hydroxyl groups is 2. The third kappa shape index (κ3) is 2.37. The molecule has 0 radical (unpaired) electrons. The summed E-state index contributed by atoms with van der Waals surface area (Å²) in [4.78, 5) is 0. The molecule has 0 spiro atoms. The largest absolute Gasteiger partial charge is 0.389 e. The lowest BCUT2D eigenvalue weighted by Gasteiger charge is -2.16. The molecule has 4 heteroatoms. The van der Waals surface area contributed by atoms with Crippen LogP contribution in [0.5, 0.6) is 0 Å². The van der Waals surface area contributed by atoms with Gasteiger partial charge in [0.1, 0.15) is 6.10 Å². The lowest BCUT2D eigenvalue weighted by molar-refractivity contribution is 0.0343. The van der Waals surface area contributed by atoms with Crippen molar-refractivity contribution >= 4 is 37.7 Å². The van der Waals surface area contributed by atoms with Gasteiger partial charge in [-0.1, -0.05) is 40.2 Å². The Kier molecular flexibility index (Phi) is 4.02. The smallest absolute Gasteiger partial charge is 0.106 e. The number of benzene rings is 2. The van der Waals surface area contributed by atoms with Gasteiger partial charge < -0.3 is 14.8 Å². The maximum Gasteiger partial charge on any atom is 0.106 e. The number of aliphatic hydroxyl groups excluding tert-OH is 2. The Hall–Kier alpha value is -1.36. The van der Waals surface area contributed by atoms with Gasteiger partial charge in [0.2, 0.25) is 0 Å². The molecular formula is C17H18BrNO2. The van der Waals surface area contributed by atoms with Crippen molar-refractivity contribution in [2.75, 3.05) is 5.33 Å². The first-order valence-electron chi connectivity index (χ1n) is 7.10. The van der Waals surface area contributed by atoms with Crippen LogP contribution in [-0.2, 0) is 6.54 Å². The molecule has 0 aliphatic carbocycles. The van der Waals surface area contributed by atoms with Gasteiger partial charge in [-0.3, -0.25) is 0 Å². The highest BCUT2D eigenvalue weighted by molar-refractivity contribution is 9.09. The zero-order valence-electron chi connectivity index (χ0n) is 11.8. The van der Waals surface area contributed by atoms with E-state index in [-0.39, 0.29) is 0 Å². The van der Waals surface area contributed by atoms with Crippen LogP contribution in [0.3, 0.4) is 0 Å². The summed E-state index contributed by atoms with van der Waals surface area (Å²) >= 11 is 3.20. The van der Waals surface area contributed by atoms with Crippen LogP contribution in [-0.4, -0.2) is 26.2 Å². The fourth-order valence-corrected chi connectivity index (χ4v) is 3.26. The van der Waals surface area contributed by atoms with Gasteiger partial charge in [0.05, 0.1) is 6.10 Å². The van der Waals surface area contributed by atoms with Crippen LogP contribution in [0.2, 0.25) is 0 Å². The highest BCUT2D eigenvalue weighted by atomic mass is 79.9. The summed E-state index contributed by atoms with van der Waals surface area (Å²) in [6, 6.07) is 14.2. The number of alkyl halides is 1. The second-order valence-electron chi connectivity index (χ2n) is 5.20. The molecule has 0 fully saturated rings. The van der Waals surface area contributed by atoms with E-state index >= 15 is 0 Å². The lowest BCUT2D eigenvalue weighted by atomic mass is 10.0. The number of aryl methyl sites for hydroxylation is 1. The Morgan fingerprint density at radius 1 is 1.05 bits per heavy atom. The number of halogens is 1. The first kappa shape index (κ1) is 14.6. The third-order valence-electron chi connectivity index (χ3n) is 3.98. The second kappa shape index (κ2) is 5.79.